The van der Waals surface area contributed by atoms with Crippen LogP contribution in [-0.2, 0) is 32.6 Å². The highest BCUT2D eigenvalue weighted by Gasteiger charge is 2.36. The van der Waals surface area contributed by atoms with Crippen molar-refractivity contribution in [2.75, 3.05) is 18.0 Å². The summed E-state index contributed by atoms with van der Waals surface area (Å²) >= 11 is 6.34. The highest BCUT2D eigenvalue weighted by atomic mass is 35.5. The van der Waals surface area contributed by atoms with E-state index in [9.17, 15) is 22.4 Å². The molecular weight excluding hydrogens is 641 g/mol. The molecule has 0 unspecified atom stereocenters. The van der Waals surface area contributed by atoms with E-state index in [0.717, 1.165) is 35.6 Å². The van der Waals surface area contributed by atoms with Crippen LogP contribution < -0.4 is 14.4 Å². The zero-order chi connectivity index (χ0) is 33.4. The fourth-order valence-electron chi connectivity index (χ4n) is 5.80. The molecule has 0 saturated heterocycles. The van der Waals surface area contributed by atoms with Crippen molar-refractivity contribution >= 4 is 39.1 Å². The summed E-state index contributed by atoms with van der Waals surface area (Å²) in [5.74, 6) is -1.24. The van der Waals surface area contributed by atoms with Crippen LogP contribution in [-0.4, -0.2) is 50.9 Å². The van der Waals surface area contributed by atoms with Gasteiger partial charge in [0.15, 0.2) is 0 Å². The number of rotatable bonds is 13. The van der Waals surface area contributed by atoms with Crippen molar-refractivity contribution in [2.45, 2.75) is 55.6 Å². The van der Waals surface area contributed by atoms with Gasteiger partial charge in [-0.25, -0.2) is 12.8 Å². The molecule has 1 N–H and O–H groups in total. The van der Waals surface area contributed by atoms with Gasteiger partial charge in [-0.15, -0.1) is 0 Å². The third-order valence-corrected chi connectivity index (χ3v) is 10.3. The van der Waals surface area contributed by atoms with E-state index in [0.29, 0.717) is 5.56 Å². The largest absolute Gasteiger partial charge is 0.495 e. The molecule has 47 heavy (non-hydrogen) atoms. The van der Waals surface area contributed by atoms with Gasteiger partial charge in [0.25, 0.3) is 10.0 Å². The van der Waals surface area contributed by atoms with Crippen LogP contribution in [0.1, 0.15) is 36.8 Å². The molecule has 1 saturated carbocycles. The predicted octanol–water partition coefficient (Wildman–Crippen LogP) is 6.38. The van der Waals surface area contributed by atoms with E-state index in [2.05, 4.69) is 5.32 Å². The van der Waals surface area contributed by atoms with Crippen molar-refractivity contribution in [1.29, 1.82) is 0 Å². The number of ether oxygens (including phenoxy) is 1. The first-order valence-electron chi connectivity index (χ1n) is 15.5. The summed E-state index contributed by atoms with van der Waals surface area (Å²) in [6.45, 7) is -0.738. The van der Waals surface area contributed by atoms with Gasteiger partial charge in [-0.3, -0.25) is 13.9 Å². The lowest BCUT2D eigenvalue weighted by Gasteiger charge is -2.34. The molecule has 0 bridgehead atoms. The first kappa shape index (κ1) is 33.9. The summed E-state index contributed by atoms with van der Waals surface area (Å²) in [6, 6.07) is 26.2. The SMILES string of the molecule is COc1ccc(Cl)cc1N(CC(=O)N(Cc1ccc(F)cc1)[C@H](Cc1ccccc1)C(=O)NC1CCCC1)S(=O)(=O)c1ccccc1. The Labute approximate surface area is 280 Å². The average molecular weight is 678 g/mol. The number of methoxy groups -OCH3 is 1. The fourth-order valence-corrected chi connectivity index (χ4v) is 7.40. The van der Waals surface area contributed by atoms with Crippen molar-refractivity contribution in [3.63, 3.8) is 0 Å². The van der Waals surface area contributed by atoms with Crippen LogP contribution in [0.25, 0.3) is 0 Å². The molecule has 4 aromatic carbocycles. The Hall–Kier alpha value is -4.41. The monoisotopic (exact) mass is 677 g/mol. The summed E-state index contributed by atoms with van der Waals surface area (Å²) < 4.78 is 48.8. The number of hydrogen-bond acceptors (Lipinski definition) is 5. The van der Waals surface area contributed by atoms with Crippen molar-refractivity contribution in [3.8, 4) is 5.75 Å². The topological polar surface area (TPSA) is 96.0 Å². The second kappa shape index (κ2) is 15.5. The van der Waals surface area contributed by atoms with Gasteiger partial charge in [-0.1, -0.05) is 85.1 Å². The maximum Gasteiger partial charge on any atom is 0.264 e. The summed E-state index contributed by atoms with van der Waals surface area (Å²) in [7, 11) is -2.94. The summed E-state index contributed by atoms with van der Waals surface area (Å²) in [6.07, 6.45) is 3.86. The van der Waals surface area contributed by atoms with E-state index >= 15 is 0 Å². The standard InChI is InChI=1S/C36H37ClFN3O5S/c1-46-34-21-18-28(37)23-32(34)41(47(44,45)31-14-6-3-7-15-31)25-35(42)40(24-27-16-19-29(38)20-17-27)33(22-26-10-4-2-5-11-26)36(43)39-30-12-8-9-13-30/h2-7,10-11,14-21,23,30,33H,8-9,12-13,22,24-25H2,1H3,(H,39,43)/t33-/m1/s1. The second-order valence-corrected chi connectivity index (χ2v) is 13.8. The number of carbonyl (C=O) groups is 2. The van der Waals surface area contributed by atoms with Crippen molar-refractivity contribution in [2.24, 2.45) is 0 Å². The van der Waals surface area contributed by atoms with Crippen LogP contribution in [0.15, 0.2) is 108 Å². The number of hydrogen-bond donors (Lipinski definition) is 1. The maximum absolute atomic E-state index is 14.6. The first-order chi connectivity index (χ1) is 22.7. The number of halogens is 2. The Bertz CT molecular complexity index is 1770. The Morgan fingerprint density at radius 3 is 2.19 bits per heavy atom. The van der Waals surface area contributed by atoms with Crippen molar-refractivity contribution < 1.29 is 27.1 Å². The first-order valence-corrected chi connectivity index (χ1v) is 17.3. The number of nitrogens with zero attached hydrogens (tertiary/aromatic N) is 2. The number of nitrogens with one attached hydrogen (secondary N) is 1. The van der Waals surface area contributed by atoms with E-state index in [-0.39, 0.29) is 46.3 Å². The zero-order valence-electron chi connectivity index (χ0n) is 26.0. The van der Waals surface area contributed by atoms with Crippen molar-refractivity contribution in [3.05, 3.63) is 125 Å². The Balaban J connectivity index is 1.59. The fraction of sp³-hybridized carbons (Fsp3) is 0.278. The lowest BCUT2D eigenvalue weighted by Crippen LogP contribution is -2.54. The second-order valence-electron chi connectivity index (χ2n) is 11.5. The Kier molecular flexibility index (Phi) is 11.2. The van der Waals surface area contributed by atoms with Crippen LogP contribution in [0.4, 0.5) is 10.1 Å². The minimum atomic E-state index is -4.34. The molecule has 246 valence electrons. The highest BCUT2D eigenvalue weighted by molar-refractivity contribution is 7.92. The average Bonchev–Trinajstić information content (AvgIpc) is 3.59. The highest BCUT2D eigenvalue weighted by Crippen LogP contribution is 2.35. The van der Waals surface area contributed by atoms with Gasteiger partial charge in [0.05, 0.1) is 17.7 Å². The summed E-state index contributed by atoms with van der Waals surface area (Å²) in [4.78, 5) is 30.0. The van der Waals surface area contributed by atoms with Crippen LogP contribution in [0.2, 0.25) is 5.02 Å². The number of amides is 2. The molecule has 0 aromatic heterocycles. The van der Waals surface area contributed by atoms with E-state index in [1.165, 1.54) is 48.4 Å². The predicted molar refractivity (Wildman–Crippen MR) is 180 cm³/mol. The van der Waals surface area contributed by atoms with E-state index in [4.69, 9.17) is 16.3 Å². The molecule has 5 rings (SSSR count). The third kappa shape index (κ3) is 8.50. The van der Waals surface area contributed by atoms with Gasteiger partial charge in [-0.05, 0) is 66.4 Å². The van der Waals surface area contributed by atoms with E-state index < -0.39 is 34.3 Å². The van der Waals surface area contributed by atoms with E-state index in [1.54, 1.807) is 36.4 Å². The normalized spacial score (nSPS) is 13.9. The molecule has 2 amide bonds. The molecule has 0 spiro atoms. The minimum absolute atomic E-state index is 0.0192. The molecule has 1 aliphatic rings. The molecule has 1 atom stereocenters. The summed E-state index contributed by atoms with van der Waals surface area (Å²) in [5.41, 5.74) is 1.46. The molecule has 0 aliphatic heterocycles. The van der Waals surface area contributed by atoms with Gasteiger partial charge in [0.2, 0.25) is 11.8 Å². The van der Waals surface area contributed by atoms with Gasteiger partial charge in [0, 0.05) is 24.0 Å². The van der Waals surface area contributed by atoms with Gasteiger partial charge in [0.1, 0.15) is 24.2 Å². The molecule has 8 nitrogen and oxygen atoms in total. The van der Waals surface area contributed by atoms with Crippen LogP contribution >= 0.6 is 11.6 Å². The van der Waals surface area contributed by atoms with Gasteiger partial charge >= 0.3 is 0 Å². The lowest BCUT2D eigenvalue weighted by molar-refractivity contribution is -0.140. The maximum atomic E-state index is 14.6. The Morgan fingerprint density at radius 2 is 1.55 bits per heavy atom. The number of benzene rings is 4. The Morgan fingerprint density at radius 1 is 0.915 bits per heavy atom. The smallest absolute Gasteiger partial charge is 0.264 e. The summed E-state index contributed by atoms with van der Waals surface area (Å²) in [5, 5.41) is 3.37. The van der Waals surface area contributed by atoms with Gasteiger partial charge < -0.3 is 15.0 Å². The molecular formula is C36H37ClFN3O5S. The molecule has 4 aromatic rings. The molecule has 0 radical (unpaired) electrons. The zero-order valence-corrected chi connectivity index (χ0v) is 27.6. The number of anilines is 1. The molecule has 1 fully saturated rings. The molecule has 11 heteroatoms. The molecule has 0 heterocycles. The lowest BCUT2D eigenvalue weighted by atomic mass is 10.0. The van der Waals surface area contributed by atoms with E-state index in [1.807, 2.05) is 30.3 Å². The third-order valence-electron chi connectivity index (χ3n) is 8.26. The quantitative estimate of drug-likeness (QED) is 0.177. The number of carbonyl (C=O) groups excluding carboxylic acids is 2. The minimum Gasteiger partial charge on any atom is -0.495 e. The van der Waals surface area contributed by atoms with Gasteiger partial charge in [-0.2, -0.15) is 0 Å². The van der Waals surface area contributed by atoms with Crippen LogP contribution in [0, 0.1) is 5.82 Å². The number of sulfonamides is 1. The van der Waals surface area contributed by atoms with Crippen molar-refractivity contribution in [1.82, 2.24) is 10.2 Å². The molecule has 1 aliphatic carbocycles. The van der Waals surface area contributed by atoms with Crippen LogP contribution in [0.3, 0.4) is 0 Å². The van der Waals surface area contributed by atoms with Crippen LogP contribution in [0.5, 0.6) is 5.75 Å².